The molecule has 1 aliphatic rings. The van der Waals surface area contributed by atoms with E-state index >= 15 is 0 Å². The topological polar surface area (TPSA) is 33.2 Å². The van der Waals surface area contributed by atoms with Gasteiger partial charge in [0, 0.05) is 43.2 Å². The van der Waals surface area contributed by atoms with Crippen molar-refractivity contribution in [1.29, 1.82) is 0 Å². The van der Waals surface area contributed by atoms with E-state index in [2.05, 4.69) is 11.6 Å². The number of carbonyl (C=O) groups excluding carboxylic acids is 1. The van der Waals surface area contributed by atoms with Crippen LogP contribution in [0.15, 0.2) is 30.9 Å². The van der Waals surface area contributed by atoms with Crippen molar-refractivity contribution in [3.05, 3.63) is 42.2 Å². The summed E-state index contributed by atoms with van der Waals surface area (Å²) in [5.41, 5.74) is 2.08. The zero-order chi connectivity index (χ0) is 12.3. The van der Waals surface area contributed by atoms with Gasteiger partial charge >= 0.3 is 0 Å². The number of aromatic nitrogens is 1. The van der Waals surface area contributed by atoms with Gasteiger partial charge in [0.15, 0.2) is 0 Å². The van der Waals surface area contributed by atoms with Crippen molar-refractivity contribution < 1.29 is 4.79 Å². The lowest BCUT2D eigenvalue weighted by molar-refractivity contribution is -0.127. The molecule has 0 N–H and O–H groups in total. The first-order valence-electron chi connectivity index (χ1n) is 6.02. The van der Waals surface area contributed by atoms with E-state index < -0.39 is 0 Å². The molecular weight excluding hydrogens is 212 g/mol. The molecule has 2 rings (SSSR count). The van der Waals surface area contributed by atoms with Crippen molar-refractivity contribution in [2.75, 3.05) is 13.1 Å². The van der Waals surface area contributed by atoms with Crippen molar-refractivity contribution in [1.82, 2.24) is 9.88 Å². The Hall–Kier alpha value is -1.64. The number of nitrogens with zero attached hydrogens (tertiary/aromatic N) is 2. The van der Waals surface area contributed by atoms with Gasteiger partial charge in [0.1, 0.15) is 0 Å². The van der Waals surface area contributed by atoms with E-state index in [0.29, 0.717) is 12.3 Å². The monoisotopic (exact) mass is 230 g/mol. The van der Waals surface area contributed by atoms with Crippen LogP contribution in [0, 0.1) is 12.8 Å². The molecule has 0 aliphatic carbocycles. The van der Waals surface area contributed by atoms with Gasteiger partial charge in [-0.25, -0.2) is 0 Å². The van der Waals surface area contributed by atoms with Gasteiger partial charge in [0.25, 0.3) is 0 Å². The maximum Gasteiger partial charge on any atom is 0.223 e. The SMILES string of the molecule is C=CC1CC(=O)N(CCc2cccc(C)n2)C1. The Bertz CT molecular complexity index is 428. The van der Waals surface area contributed by atoms with E-state index in [9.17, 15) is 4.79 Å². The second-order valence-corrected chi connectivity index (χ2v) is 4.56. The molecule has 1 atom stereocenters. The van der Waals surface area contributed by atoms with Crippen LogP contribution in [-0.2, 0) is 11.2 Å². The average Bonchev–Trinajstić information content (AvgIpc) is 2.68. The summed E-state index contributed by atoms with van der Waals surface area (Å²) in [5.74, 6) is 0.565. The highest BCUT2D eigenvalue weighted by Crippen LogP contribution is 2.18. The summed E-state index contributed by atoms with van der Waals surface area (Å²) in [6, 6.07) is 6.01. The molecule has 0 bridgehead atoms. The van der Waals surface area contributed by atoms with E-state index in [4.69, 9.17) is 0 Å². The van der Waals surface area contributed by atoms with Crippen LogP contribution in [-0.4, -0.2) is 28.9 Å². The zero-order valence-corrected chi connectivity index (χ0v) is 10.2. The van der Waals surface area contributed by atoms with Crippen LogP contribution >= 0.6 is 0 Å². The quantitative estimate of drug-likeness (QED) is 0.741. The molecule has 0 aromatic carbocycles. The predicted molar refractivity (Wildman–Crippen MR) is 67.6 cm³/mol. The third-order valence-corrected chi connectivity index (χ3v) is 3.16. The number of likely N-dealkylation sites (tertiary alicyclic amines) is 1. The van der Waals surface area contributed by atoms with Crippen molar-refractivity contribution in [3.8, 4) is 0 Å². The molecule has 0 saturated carbocycles. The largest absolute Gasteiger partial charge is 0.342 e. The van der Waals surface area contributed by atoms with Gasteiger partial charge in [0.05, 0.1) is 0 Å². The van der Waals surface area contributed by atoms with E-state index in [-0.39, 0.29) is 5.91 Å². The van der Waals surface area contributed by atoms with Crippen LogP contribution in [0.25, 0.3) is 0 Å². The average molecular weight is 230 g/mol. The molecule has 0 spiro atoms. The van der Waals surface area contributed by atoms with Crippen LogP contribution in [0.1, 0.15) is 17.8 Å². The van der Waals surface area contributed by atoms with E-state index in [1.165, 1.54) is 0 Å². The molecule has 3 nitrogen and oxygen atoms in total. The van der Waals surface area contributed by atoms with Crippen LogP contribution in [0.3, 0.4) is 0 Å². The number of hydrogen-bond acceptors (Lipinski definition) is 2. The van der Waals surface area contributed by atoms with Gasteiger partial charge in [-0.15, -0.1) is 6.58 Å². The Labute approximate surface area is 102 Å². The van der Waals surface area contributed by atoms with Gasteiger partial charge in [-0.2, -0.15) is 0 Å². The Kier molecular flexibility index (Phi) is 3.57. The molecule has 1 fully saturated rings. The molecule has 0 radical (unpaired) electrons. The first-order valence-corrected chi connectivity index (χ1v) is 6.02. The van der Waals surface area contributed by atoms with E-state index in [0.717, 1.165) is 30.9 Å². The van der Waals surface area contributed by atoms with Gasteiger partial charge in [-0.3, -0.25) is 9.78 Å². The molecule has 3 heteroatoms. The molecule has 1 amide bonds. The summed E-state index contributed by atoms with van der Waals surface area (Å²) < 4.78 is 0. The maximum atomic E-state index is 11.7. The highest BCUT2D eigenvalue weighted by atomic mass is 16.2. The Balaban J connectivity index is 1.90. The minimum Gasteiger partial charge on any atom is -0.342 e. The summed E-state index contributed by atoms with van der Waals surface area (Å²) >= 11 is 0. The number of hydrogen-bond donors (Lipinski definition) is 0. The Morgan fingerprint density at radius 1 is 1.59 bits per heavy atom. The fraction of sp³-hybridized carbons (Fsp3) is 0.429. The molecule has 1 aromatic heterocycles. The van der Waals surface area contributed by atoms with Crippen molar-refractivity contribution in [2.45, 2.75) is 19.8 Å². The maximum absolute atomic E-state index is 11.7. The lowest BCUT2D eigenvalue weighted by Crippen LogP contribution is -2.27. The second-order valence-electron chi connectivity index (χ2n) is 4.56. The molecule has 1 aliphatic heterocycles. The number of amides is 1. The van der Waals surface area contributed by atoms with Gasteiger partial charge in [-0.05, 0) is 19.1 Å². The number of aryl methyl sites for hydroxylation is 1. The number of pyridine rings is 1. The molecule has 1 aromatic rings. The molecule has 1 unspecified atom stereocenters. The lowest BCUT2D eigenvalue weighted by Gasteiger charge is -2.15. The third-order valence-electron chi connectivity index (χ3n) is 3.16. The van der Waals surface area contributed by atoms with Crippen LogP contribution in [0.2, 0.25) is 0 Å². The van der Waals surface area contributed by atoms with Crippen LogP contribution in [0.5, 0.6) is 0 Å². The minimum atomic E-state index is 0.238. The molecule has 17 heavy (non-hydrogen) atoms. The smallest absolute Gasteiger partial charge is 0.223 e. The number of carbonyl (C=O) groups is 1. The van der Waals surface area contributed by atoms with Crippen molar-refractivity contribution in [2.24, 2.45) is 5.92 Å². The van der Waals surface area contributed by atoms with Gasteiger partial charge < -0.3 is 4.90 Å². The first-order chi connectivity index (χ1) is 8.19. The first kappa shape index (κ1) is 11.8. The van der Waals surface area contributed by atoms with Crippen LogP contribution in [0.4, 0.5) is 0 Å². The predicted octanol–water partition coefficient (Wildman–Crippen LogP) is 1.97. The summed E-state index contributed by atoms with van der Waals surface area (Å²) in [7, 11) is 0. The van der Waals surface area contributed by atoms with Gasteiger partial charge in [0.2, 0.25) is 5.91 Å². The fourth-order valence-corrected chi connectivity index (χ4v) is 2.16. The Morgan fingerprint density at radius 3 is 3.06 bits per heavy atom. The van der Waals surface area contributed by atoms with Gasteiger partial charge in [-0.1, -0.05) is 12.1 Å². The Morgan fingerprint density at radius 2 is 2.41 bits per heavy atom. The minimum absolute atomic E-state index is 0.238. The summed E-state index contributed by atoms with van der Waals surface area (Å²) in [5, 5.41) is 0. The summed E-state index contributed by atoms with van der Waals surface area (Å²) in [6.07, 6.45) is 3.32. The second kappa shape index (κ2) is 5.13. The zero-order valence-electron chi connectivity index (χ0n) is 10.2. The molecule has 90 valence electrons. The molecule has 2 heterocycles. The van der Waals surface area contributed by atoms with Crippen molar-refractivity contribution >= 4 is 5.91 Å². The van der Waals surface area contributed by atoms with Crippen molar-refractivity contribution in [3.63, 3.8) is 0 Å². The van der Waals surface area contributed by atoms with Crippen LogP contribution < -0.4 is 0 Å². The third kappa shape index (κ3) is 2.93. The normalized spacial score (nSPS) is 19.7. The lowest BCUT2D eigenvalue weighted by atomic mass is 10.1. The van der Waals surface area contributed by atoms with E-state index in [1.54, 1.807) is 0 Å². The highest BCUT2D eigenvalue weighted by Gasteiger charge is 2.26. The number of rotatable bonds is 4. The summed E-state index contributed by atoms with van der Waals surface area (Å²) in [6.45, 7) is 7.31. The molecular formula is C14H18N2O. The van der Waals surface area contributed by atoms with E-state index in [1.807, 2.05) is 36.1 Å². The standard InChI is InChI=1S/C14H18N2O/c1-3-12-9-14(17)16(10-12)8-7-13-6-4-5-11(2)15-13/h3-6,12H,1,7-10H2,2H3. The molecule has 1 saturated heterocycles. The fourth-order valence-electron chi connectivity index (χ4n) is 2.16. The highest BCUT2D eigenvalue weighted by molar-refractivity contribution is 5.78. The summed E-state index contributed by atoms with van der Waals surface area (Å²) in [4.78, 5) is 18.0.